The average Bonchev–Trinajstić information content (AvgIpc) is 3.20. The van der Waals surface area contributed by atoms with E-state index in [0.717, 1.165) is 4.31 Å². The summed E-state index contributed by atoms with van der Waals surface area (Å²) in [5, 5.41) is 4.66. The Morgan fingerprint density at radius 2 is 1.90 bits per heavy atom. The molecule has 0 radical (unpaired) electrons. The van der Waals surface area contributed by atoms with Gasteiger partial charge in [0.2, 0.25) is 5.91 Å². The molecule has 1 aromatic carbocycles. The van der Waals surface area contributed by atoms with Crippen molar-refractivity contribution in [3.05, 3.63) is 35.8 Å². The number of aromatic nitrogens is 1. The normalized spacial score (nSPS) is 18.3. The summed E-state index contributed by atoms with van der Waals surface area (Å²) in [6.07, 6.45) is 2.66. The van der Waals surface area contributed by atoms with Crippen LogP contribution in [0.25, 0.3) is 0 Å². The van der Waals surface area contributed by atoms with E-state index in [1.807, 2.05) is 0 Å². The van der Waals surface area contributed by atoms with Crippen molar-refractivity contribution < 1.29 is 21.6 Å². The molecule has 0 saturated carbocycles. The Bertz CT molecular complexity index is 1080. The molecule has 1 atom stereocenters. The molecular weight excluding hydrogens is 450 g/mol. The van der Waals surface area contributed by atoms with Gasteiger partial charge in [-0.25, -0.2) is 13.4 Å². The van der Waals surface area contributed by atoms with Crippen LogP contribution in [0.5, 0.6) is 0 Å². The summed E-state index contributed by atoms with van der Waals surface area (Å²) in [4.78, 5) is 16.5. The first-order valence-corrected chi connectivity index (χ1v) is 12.9. The number of sulfonamides is 1. The van der Waals surface area contributed by atoms with Crippen LogP contribution in [0.3, 0.4) is 0 Å². The number of carbonyl (C=O) groups excluding carboxylic acids is 1. The standard InChI is InChI=1S/C17H23N5O5S3/c1-21(2)30(26,27)22-10-3-4-13(12-22)16(23)19-14-5-7-15(8-6-14)29(24,25)20-17-18-9-11-28-17/h5-9,11,13H,3-4,10,12H2,1-2H3,(H,18,20)(H,19,23)/t13-/m0/s1. The van der Waals surface area contributed by atoms with Gasteiger partial charge in [0.1, 0.15) is 0 Å². The number of hydrogen-bond donors (Lipinski definition) is 2. The van der Waals surface area contributed by atoms with Gasteiger partial charge in [0.25, 0.3) is 20.2 Å². The monoisotopic (exact) mass is 473 g/mol. The fraction of sp³-hybridized carbons (Fsp3) is 0.412. The van der Waals surface area contributed by atoms with Gasteiger partial charge >= 0.3 is 0 Å². The van der Waals surface area contributed by atoms with Crippen LogP contribution in [0.4, 0.5) is 10.8 Å². The van der Waals surface area contributed by atoms with Crippen LogP contribution in [0.2, 0.25) is 0 Å². The van der Waals surface area contributed by atoms with Gasteiger partial charge in [-0.1, -0.05) is 0 Å². The Hall–Kier alpha value is -2.06. The summed E-state index contributed by atoms with van der Waals surface area (Å²) in [6, 6.07) is 5.75. The van der Waals surface area contributed by atoms with E-state index in [4.69, 9.17) is 0 Å². The molecule has 2 N–H and O–H groups in total. The topological polar surface area (TPSA) is 129 Å². The second kappa shape index (κ2) is 8.98. The summed E-state index contributed by atoms with van der Waals surface area (Å²) in [7, 11) is -4.43. The number of rotatable bonds is 7. The molecule has 1 aliphatic heterocycles. The van der Waals surface area contributed by atoms with Crippen molar-refractivity contribution in [1.82, 2.24) is 13.6 Å². The second-order valence-corrected chi connectivity index (χ2v) is 11.7. The molecule has 30 heavy (non-hydrogen) atoms. The molecule has 1 amide bonds. The summed E-state index contributed by atoms with van der Waals surface area (Å²) in [5.41, 5.74) is 0.431. The lowest BCUT2D eigenvalue weighted by Gasteiger charge is -2.32. The number of hydrogen-bond acceptors (Lipinski definition) is 7. The Labute approximate surface area is 180 Å². The fourth-order valence-electron chi connectivity index (χ4n) is 3.01. The number of benzene rings is 1. The van der Waals surface area contributed by atoms with E-state index in [9.17, 15) is 21.6 Å². The van der Waals surface area contributed by atoms with Crippen LogP contribution in [0.15, 0.2) is 40.7 Å². The first-order valence-electron chi connectivity index (χ1n) is 9.10. The Morgan fingerprint density at radius 1 is 1.20 bits per heavy atom. The van der Waals surface area contributed by atoms with Gasteiger partial charge in [-0.3, -0.25) is 9.52 Å². The molecule has 1 aliphatic rings. The molecular formula is C17H23N5O5S3. The van der Waals surface area contributed by atoms with Gasteiger partial charge in [-0.15, -0.1) is 11.3 Å². The van der Waals surface area contributed by atoms with Gasteiger partial charge in [0.15, 0.2) is 5.13 Å². The Morgan fingerprint density at radius 3 is 2.50 bits per heavy atom. The molecule has 2 heterocycles. The molecule has 0 unspecified atom stereocenters. The predicted octanol–water partition coefficient (Wildman–Crippen LogP) is 1.40. The lowest BCUT2D eigenvalue weighted by atomic mass is 9.99. The molecule has 1 fully saturated rings. The maximum absolute atomic E-state index is 12.6. The summed E-state index contributed by atoms with van der Waals surface area (Å²) >= 11 is 1.17. The quantitative estimate of drug-likeness (QED) is 0.625. The van der Waals surface area contributed by atoms with Gasteiger partial charge in [-0.05, 0) is 37.1 Å². The van der Waals surface area contributed by atoms with E-state index in [2.05, 4.69) is 15.0 Å². The zero-order valence-electron chi connectivity index (χ0n) is 16.5. The zero-order valence-corrected chi connectivity index (χ0v) is 18.9. The van der Waals surface area contributed by atoms with E-state index in [-0.39, 0.29) is 22.5 Å². The molecule has 0 spiro atoms. The van der Waals surface area contributed by atoms with Crippen LogP contribution < -0.4 is 10.0 Å². The van der Waals surface area contributed by atoms with E-state index < -0.39 is 26.2 Å². The van der Waals surface area contributed by atoms with Crippen molar-refractivity contribution in [2.75, 3.05) is 37.2 Å². The van der Waals surface area contributed by atoms with Crippen LogP contribution in [-0.2, 0) is 25.0 Å². The smallest absolute Gasteiger partial charge is 0.281 e. The number of amides is 1. The number of nitrogens with zero attached hydrogens (tertiary/aromatic N) is 3. The van der Waals surface area contributed by atoms with Gasteiger partial charge in [0.05, 0.1) is 10.8 Å². The van der Waals surface area contributed by atoms with Crippen molar-refractivity contribution in [2.45, 2.75) is 17.7 Å². The lowest BCUT2D eigenvalue weighted by molar-refractivity contribution is -0.120. The summed E-state index contributed by atoms with van der Waals surface area (Å²) in [6.45, 7) is 0.486. The molecule has 0 bridgehead atoms. The molecule has 164 valence electrons. The maximum Gasteiger partial charge on any atom is 0.281 e. The van der Waals surface area contributed by atoms with Crippen LogP contribution in [-0.4, -0.2) is 63.5 Å². The summed E-state index contributed by atoms with van der Waals surface area (Å²) in [5.74, 6) is -0.784. The molecule has 1 saturated heterocycles. The van der Waals surface area contributed by atoms with Crippen LogP contribution >= 0.6 is 11.3 Å². The van der Waals surface area contributed by atoms with Crippen molar-refractivity contribution in [1.29, 1.82) is 0 Å². The number of piperidine rings is 1. The third-order valence-corrected chi connectivity index (χ3v) is 8.71. The minimum absolute atomic E-state index is 0.0385. The highest BCUT2D eigenvalue weighted by molar-refractivity contribution is 7.93. The second-order valence-electron chi connectivity index (χ2n) is 6.94. The van der Waals surface area contributed by atoms with Crippen molar-refractivity contribution >= 4 is 48.3 Å². The Balaban J connectivity index is 1.64. The minimum atomic E-state index is -3.77. The number of anilines is 2. The van der Waals surface area contributed by atoms with E-state index >= 15 is 0 Å². The SMILES string of the molecule is CN(C)S(=O)(=O)N1CCC[C@H](C(=O)Nc2ccc(S(=O)(=O)Nc3nccs3)cc2)C1. The van der Waals surface area contributed by atoms with Crippen molar-refractivity contribution in [3.63, 3.8) is 0 Å². The van der Waals surface area contributed by atoms with Crippen LogP contribution in [0, 0.1) is 5.92 Å². The first kappa shape index (κ1) is 22.6. The molecule has 13 heteroatoms. The number of carbonyl (C=O) groups is 1. The van der Waals surface area contributed by atoms with Gasteiger partial charge in [-0.2, -0.15) is 17.0 Å². The number of nitrogens with one attached hydrogen (secondary N) is 2. The van der Waals surface area contributed by atoms with E-state index in [0.29, 0.717) is 25.1 Å². The molecule has 1 aromatic heterocycles. The van der Waals surface area contributed by atoms with E-state index in [1.165, 1.54) is 60.2 Å². The lowest BCUT2D eigenvalue weighted by Crippen LogP contribution is -2.47. The fourth-order valence-corrected chi connectivity index (χ4v) is 5.99. The average molecular weight is 474 g/mol. The van der Waals surface area contributed by atoms with Crippen LogP contribution in [0.1, 0.15) is 12.8 Å². The largest absolute Gasteiger partial charge is 0.326 e. The predicted molar refractivity (Wildman–Crippen MR) is 115 cm³/mol. The van der Waals surface area contributed by atoms with Gasteiger partial charge < -0.3 is 5.32 Å². The molecule has 2 aromatic rings. The number of thiazole rings is 1. The van der Waals surface area contributed by atoms with Crippen molar-refractivity contribution in [2.24, 2.45) is 5.92 Å². The highest BCUT2D eigenvalue weighted by atomic mass is 32.2. The maximum atomic E-state index is 12.6. The zero-order chi connectivity index (χ0) is 21.9. The van der Waals surface area contributed by atoms with Crippen molar-refractivity contribution in [3.8, 4) is 0 Å². The third kappa shape index (κ3) is 5.16. The third-order valence-electron chi connectivity index (χ3n) is 4.63. The van der Waals surface area contributed by atoms with Gasteiger partial charge in [0, 0.05) is 44.4 Å². The van der Waals surface area contributed by atoms with E-state index in [1.54, 1.807) is 5.38 Å². The molecule has 0 aliphatic carbocycles. The minimum Gasteiger partial charge on any atom is -0.326 e. The molecule has 3 rings (SSSR count). The summed E-state index contributed by atoms with van der Waals surface area (Å²) < 4.78 is 54.2. The highest BCUT2D eigenvalue weighted by Crippen LogP contribution is 2.23. The molecule has 10 nitrogen and oxygen atoms in total. The highest BCUT2D eigenvalue weighted by Gasteiger charge is 2.33. The first-order chi connectivity index (χ1) is 14.1. The Kier molecular flexibility index (Phi) is 6.77.